The summed E-state index contributed by atoms with van der Waals surface area (Å²) in [5.74, 6) is -0.962. The molecule has 104 valence electrons. The Morgan fingerprint density at radius 2 is 2.05 bits per heavy atom. The predicted molar refractivity (Wildman–Crippen MR) is 69.4 cm³/mol. The Morgan fingerprint density at radius 1 is 1.35 bits per heavy atom. The van der Waals surface area contributed by atoms with E-state index < -0.39 is 18.4 Å². The third-order valence-electron chi connectivity index (χ3n) is 2.63. The number of carboxylic acid groups (broad SMARTS) is 1. The number of aliphatic imine (C=N–C) groups is 1. The molecule has 0 saturated heterocycles. The molecule has 1 aliphatic heterocycles. The summed E-state index contributed by atoms with van der Waals surface area (Å²) in [6.45, 7) is -0.183. The summed E-state index contributed by atoms with van der Waals surface area (Å²) in [5.41, 5.74) is 1.12. The van der Waals surface area contributed by atoms with Crippen LogP contribution < -0.4 is 10.6 Å². The largest absolute Gasteiger partial charge is 0.480 e. The fourth-order valence-corrected chi connectivity index (χ4v) is 1.65. The number of aliphatic carboxylic acids is 1. The van der Waals surface area contributed by atoms with E-state index in [1.807, 2.05) is 0 Å². The zero-order chi connectivity index (χ0) is 14.5. The van der Waals surface area contributed by atoms with Gasteiger partial charge in [0.2, 0.25) is 0 Å². The van der Waals surface area contributed by atoms with Crippen molar-refractivity contribution in [1.29, 1.82) is 0 Å². The van der Waals surface area contributed by atoms with Gasteiger partial charge < -0.3 is 15.7 Å². The number of amidine groups is 1. The van der Waals surface area contributed by atoms with Gasteiger partial charge in [0.05, 0.1) is 0 Å². The number of amides is 1. The molecule has 0 radical (unpaired) electrons. The number of hydrogen-bond acceptors (Lipinski definition) is 5. The topological polar surface area (TPSA) is 111 Å². The standard InChI is InChI=1S/C12H12N4O4/c17-10(18)5-13-12(19)9-3-1-8(2-4-9)11-14-6-16(20)7-15-11/h1-4H,5-7H2,(H2-,13,14,15,17,18,19)/p+1. The average Bonchev–Trinajstić information content (AvgIpc) is 2.46. The number of carboxylic acids is 1. The first-order valence-electron chi connectivity index (χ1n) is 5.87. The Morgan fingerprint density at radius 3 is 2.60 bits per heavy atom. The van der Waals surface area contributed by atoms with E-state index in [9.17, 15) is 14.5 Å². The highest BCUT2D eigenvalue weighted by molar-refractivity contribution is 6.01. The molecule has 0 saturated carbocycles. The van der Waals surface area contributed by atoms with Gasteiger partial charge in [-0.3, -0.25) is 9.59 Å². The molecule has 0 aliphatic carbocycles. The Labute approximate surface area is 114 Å². The Hall–Kier alpha value is -2.77. The predicted octanol–water partition coefficient (Wildman–Crippen LogP) is -0.455. The van der Waals surface area contributed by atoms with E-state index in [0.29, 0.717) is 11.4 Å². The van der Waals surface area contributed by atoms with E-state index in [1.54, 1.807) is 24.3 Å². The lowest BCUT2D eigenvalue weighted by molar-refractivity contribution is -0.552. The van der Waals surface area contributed by atoms with Gasteiger partial charge in [-0.1, -0.05) is 12.1 Å². The van der Waals surface area contributed by atoms with E-state index >= 15 is 0 Å². The molecule has 0 atom stereocenters. The number of rotatable bonds is 4. The number of hydrogen-bond donors (Lipinski definition) is 3. The highest BCUT2D eigenvalue weighted by Gasteiger charge is 2.16. The van der Waals surface area contributed by atoms with E-state index in [-0.39, 0.29) is 13.3 Å². The molecule has 1 heterocycles. The number of benzene rings is 1. The lowest BCUT2D eigenvalue weighted by Crippen LogP contribution is -2.37. The van der Waals surface area contributed by atoms with Crippen LogP contribution in [-0.2, 0) is 4.79 Å². The van der Waals surface area contributed by atoms with Crippen molar-refractivity contribution in [3.05, 3.63) is 40.3 Å². The van der Waals surface area contributed by atoms with Gasteiger partial charge in [-0.05, 0) is 12.1 Å². The van der Waals surface area contributed by atoms with Crippen LogP contribution in [0.25, 0.3) is 0 Å². The van der Waals surface area contributed by atoms with E-state index in [2.05, 4.69) is 15.6 Å². The van der Waals surface area contributed by atoms with Crippen LogP contribution in [0, 0.1) is 4.91 Å². The molecule has 0 fully saturated rings. The summed E-state index contributed by atoms with van der Waals surface area (Å²) in [4.78, 5) is 37.0. The van der Waals surface area contributed by atoms with Crippen molar-refractivity contribution < 1.29 is 19.5 Å². The summed E-state index contributed by atoms with van der Waals surface area (Å²) < 4.78 is 0.775. The SMILES string of the molecule is O=C(O)CNC(=O)c1ccc(C2=NC[N+](=O)CN2)cc1. The summed E-state index contributed by atoms with van der Waals surface area (Å²) in [6, 6.07) is 6.50. The van der Waals surface area contributed by atoms with Gasteiger partial charge in [-0.25, -0.2) is 0 Å². The Balaban J connectivity index is 2.04. The van der Waals surface area contributed by atoms with Crippen LogP contribution in [0.4, 0.5) is 0 Å². The van der Waals surface area contributed by atoms with Crippen molar-refractivity contribution in [3.8, 4) is 0 Å². The quantitative estimate of drug-likeness (QED) is 0.645. The van der Waals surface area contributed by atoms with E-state index in [1.165, 1.54) is 0 Å². The molecular formula is C12H13N4O4+. The van der Waals surface area contributed by atoms with Crippen LogP contribution in [0.2, 0.25) is 0 Å². The first kappa shape index (κ1) is 13.7. The molecule has 3 N–H and O–H groups in total. The minimum absolute atomic E-state index is 0.0726. The Bertz CT molecular complexity index is 580. The zero-order valence-electron chi connectivity index (χ0n) is 10.5. The lowest BCUT2D eigenvalue weighted by atomic mass is 10.1. The number of nitrogens with one attached hydrogen (secondary N) is 2. The van der Waals surface area contributed by atoms with Crippen molar-refractivity contribution in [2.24, 2.45) is 4.99 Å². The van der Waals surface area contributed by atoms with Crippen molar-refractivity contribution in [2.45, 2.75) is 0 Å². The first-order valence-corrected chi connectivity index (χ1v) is 5.87. The average molecular weight is 277 g/mol. The van der Waals surface area contributed by atoms with Gasteiger partial charge in [-0.2, -0.15) is 4.99 Å². The summed E-state index contributed by atoms with van der Waals surface area (Å²) >= 11 is 0. The molecule has 1 aliphatic rings. The molecular weight excluding hydrogens is 264 g/mol. The second-order valence-electron chi connectivity index (χ2n) is 4.12. The minimum Gasteiger partial charge on any atom is -0.480 e. The number of carbonyl (C=O) groups is 2. The van der Waals surface area contributed by atoms with Crippen LogP contribution >= 0.6 is 0 Å². The molecule has 0 aromatic heterocycles. The number of nitroso groups, excluding NO2 is 1. The van der Waals surface area contributed by atoms with Crippen LogP contribution in [0.3, 0.4) is 0 Å². The molecule has 0 spiro atoms. The molecule has 8 heteroatoms. The highest BCUT2D eigenvalue weighted by atomic mass is 16.4. The molecule has 2 rings (SSSR count). The third-order valence-corrected chi connectivity index (χ3v) is 2.63. The first-order chi connectivity index (χ1) is 9.56. The third kappa shape index (κ3) is 3.37. The van der Waals surface area contributed by atoms with Crippen LogP contribution in [0.1, 0.15) is 15.9 Å². The van der Waals surface area contributed by atoms with Gasteiger partial charge in [0.25, 0.3) is 19.2 Å². The fraction of sp³-hybridized carbons (Fsp3) is 0.250. The molecule has 8 nitrogen and oxygen atoms in total. The van der Waals surface area contributed by atoms with Crippen molar-refractivity contribution in [1.82, 2.24) is 10.6 Å². The van der Waals surface area contributed by atoms with E-state index in [4.69, 9.17) is 5.11 Å². The lowest BCUT2D eigenvalue weighted by Gasteiger charge is -2.10. The second kappa shape index (κ2) is 5.91. The second-order valence-corrected chi connectivity index (χ2v) is 4.12. The molecule has 1 amide bonds. The molecule has 1 aromatic carbocycles. The summed E-state index contributed by atoms with van der Waals surface area (Å²) in [5, 5.41) is 13.6. The van der Waals surface area contributed by atoms with Crippen molar-refractivity contribution in [2.75, 3.05) is 19.9 Å². The molecule has 0 unspecified atom stereocenters. The Kier molecular flexibility index (Phi) is 4.04. The maximum absolute atomic E-state index is 11.6. The van der Waals surface area contributed by atoms with Crippen LogP contribution in [0.5, 0.6) is 0 Å². The van der Waals surface area contributed by atoms with E-state index in [0.717, 1.165) is 10.3 Å². The van der Waals surface area contributed by atoms with Crippen molar-refractivity contribution >= 4 is 17.7 Å². The summed E-state index contributed by atoms with van der Waals surface area (Å²) in [7, 11) is 0. The van der Waals surface area contributed by atoms with Crippen LogP contribution in [0.15, 0.2) is 29.3 Å². The van der Waals surface area contributed by atoms with Gasteiger partial charge in [0.15, 0.2) is 0 Å². The van der Waals surface area contributed by atoms with Gasteiger partial charge in [0, 0.05) is 20.8 Å². The normalized spacial score (nSPS) is 14.2. The van der Waals surface area contributed by atoms with Gasteiger partial charge >= 0.3 is 5.97 Å². The van der Waals surface area contributed by atoms with Crippen LogP contribution in [-0.4, -0.2) is 47.5 Å². The smallest absolute Gasteiger partial charge is 0.322 e. The molecule has 0 bridgehead atoms. The van der Waals surface area contributed by atoms with Gasteiger partial charge in [-0.15, -0.1) is 0 Å². The number of nitrogens with zero attached hydrogens (tertiary/aromatic N) is 2. The minimum atomic E-state index is -1.10. The number of carbonyl (C=O) groups excluding carboxylic acids is 1. The fourth-order valence-electron chi connectivity index (χ4n) is 1.65. The highest BCUT2D eigenvalue weighted by Crippen LogP contribution is 2.06. The maximum Gasteiger partial charge on any atom is 0.322 e. The maximum atomic E-state index is 11.6. The molecule has 1 aromatic rings. The monoisotopic (exact) mass is 277 g/mol. The zero-order valence-corrected chi connectivity index (χ0v) is 10.5. The molecule has 20 heavy (non-hydrogen) atoms. The summed E-state index contributed by atoms with van der Waals surface area (Å²) in [6.07, 6.45) is 0. The van der Waals surface area contributed by atoms with Gasteiger partial charge in [0.1, 0.15) is 12.4 Å². The van der Waals surface area contributed by atoms with Crippen molar-refractivity contribution in [3.63, 3.8) is 0 Å².